The van der Waals surface area contributed by atoms with Gasteiger partial charge in [0.2, 0.25) is 0 Å². The van der Waals surface area contributed by atoms with Gasteiger partial charge in [0.05, 0.1) is 4.90 Å². The van der Waals surface area contributed by atoms with Gasteiger partial charge in [0.25, 0.3) is 5.91 Å². The van der Waals surface area contributed by atoms with E-state index < -0.39 is 26.8 Å². The first-order chi connectivity index (χ1) is 18.1. The third kappa shape index (κ3) is 6.22. The predicted molar refractivity (Wildman–Crippen MR) is 146 cm³/mol. The van der Waals surface area contributed by atoms with Gasteiger partial charge in [0, 0.05) is 32.2 Å². The molecule has 2 aliphatic rings. The number of hydrogen-bond donors (Lipinski definition) is 1. The monoisotopic (exact) mass is 544 g/mol. The van der Waals surface area contributed by atoms with Crippen molar-refractivity contribution in [2.45, 2.75) is 87.7 Å². The van der Waals surface area contributed by atoms with E-state index in [4.69, 9.17) is 14.3 Å². The van der Waals surface area contributed by atoms with Crippen LogP contribution in [0.15, 0.2) is 53.4 Å². The fourth-order valence-corrected chi connectivity index (χ4v) is 6.96. The molecule has 2 aromatic carbocycles. The summed E-state index contributed by atoms with van der Waals surface area (Å²) in [5.74, 6) is 0.975. The van der Waals surface area contributed by atoms with Crippen LogP contribution in [0, 0.1) is 0 Å². The molecule has 1 atom stereocenters. The van der Waals surface area contributed by atoms with Crippen molar-refractivity contribution in [3.8, 4) is 11.5 Å². The van der Waals surface area contributed by atoms with Crippen LogP contribution >= 0.6 is 0 Å². The van der Waals surface area contributed by atoms with Gasteiger partial charge in [0.1, 0.15) is 11.5 Å². The van der Waals surface area contributed by atoms with Crippen LogP contribution in [-0.2, 0) is 24.2 Å². The van der Waals surface area contributed by atoms with Crippen molar-refractivity contribution in [2.24, 2.45) is 0 Å². The molecule has 208 valence electrons. The summed E-state index contributed by atoms with van der Waals surface area (Å²) in [4.78, 5) is 21.3. The number of likely N-dealkylation sites (tertiary alicyclic amines) is 1. The molecule has 1 unspecified atom stereocenters. The average Bonchev–Trinajstić information content (AvgIpc) is 2.92. The molecule has 38 heavy (non-hydrogen) atoms. The number of hydroxylamine groups is 1. The first kappa shape index (κ1) is 28.5. The van der Waals surface area contributed by atoms with Gasteiger partial charge in [0.15, 0.2) is 20.9 Å². The van der Waals surface area contributed by atoms with E-state index in [0.717, 1.165) is 12.8 Å². The molecule has 1 amide bonds. The van der Waals surface area contributed by atoms with Crippen LogP contribution in [0.3, 0.4) is 0 Å². The number of amides is 1. The van der Waals surface area contributed by atoms with Gasteiger partial charge in [-0.25, -0.2) is 18.7 Å². The number of carbonyl (C=O) groups is 1. The third-order valence-corrected chi connectivity index (χ3v) is 10.1. The lowest BCUT2D eigenvalue weighted by atomic mass is 9.94. The first-order valence-electron chi connectivity index (χ1n) is 13.6. The molecule has 0 aromatic heterocycles. The van der Waals surface area contributed by atoms with E-state index in [0.29, 0.717) is 43.5 Å². The third-order valence-electron chi connectivity index (χ3n) is 7.60. The van der Waals surface area contributed by atoms with E-state index in [-0.39, 0.29) is 23.8 Å². The highest BCUT2D eigenvalue weighted by molar-refractivity contribution is 7.93. The number of benzene rings is 2. The molecule has 9 heteroatoms. The molecule has 2 fully saturated rings. The van der Waals surface area contributed by atoms with E-state index in [1.165, 1.54) is 17.7 Å². The Morgan fingerprint density at radius 1 is 0.974 bits per heavy atom. The standard InChI is InChI=1S/C29H40N2O6S/c1-21(2)23-8-10-24(11-9-23)36-25-12-14-26(15-13-25)38(33,34)29(16-18-31(19-17-29)22(3)4)28(32)30-37-27-7-5-6-20-35-27/h8-15,21-22,27H,5-7,16-20H2,1-4H3,(H,30,32). The Morgan fingerprint density at radius 2 is 1.58 bits per heavy atom. The number of rotatable bonds is 9. The van der Waals surface area contributed by atoms with Crippen molar-refractivity contribution in [1.82, 2.24) is 10.4 Å². The minimum atomic E-state index is -4.04. The van der Waals surface area contributed by atoms with Gasteiger partial charge in [-0.1, -0.05) is 26.0 Å². The minimum Gasteiger partial charge on any atom is -0.457 e. The second-order valence-electron chi connectivity index (χ2n) is 10.8. The zero-order chi connectivity index (χ0) is 27.3. The number of sulfone groups is 1. The fourth-order valence-electron chi connectivity index (χ4n) is 5.01. The molecule has 0 saturated carbocycles. The molecular formula is C29H40N2O6S. The zero-order valence-electron chi connectivity index (χ0n) is 22.8. The maximum atomic E-state index is 14.0. The molecule has 2 aromatic rings. The van der Waals surface area contributed by atoms with E-state index in [9.17, 15) is 13.2 Å². The van der Waals surface area contributed by atoms with Crippen LogP contribution < -0.4 is 10.2 Å². The van der Waals surface area contributed by atoms with Gasteiger partial charge in [-0.05, 0) is 87.4 Å². The number of piperidine rings is 1. The number of ether oxygens (including phenoxy) is 2. The number of hydrogen-bond acceptors (Lipinski definition) is 7. The molecule has 2 saturated heterocycles. The second-order valence-corrected chi connectivity index (χ2v) is 13.0. The maximum Gasteiger partial charge on any atom is 0.265 e. The lowest BCUT2D eigenvalue weighted by molar-refractivity contribution is -0.202. The fraction of sp³-hybridized carbons (Fsp3) is 0.552. The zero-order valence-corrected chi connectivity index (χ0v) is 23.6. The van der Waals surface area contributed by atoms with E-state index in [1.54, 1.807) is 12.1 Å². The van der Waals surface area contributed by atoms with Crippen LogP contribution in [-0.4, -0.2) is 56.0 Å². The van der Waals surface area contributed by atoms with Crippen molar-refractivity contribution in [3.05, 3.63) is 54.1 Å². The SMILES string of the molecule is CC(C)c1ccc(Oc2ccc(S(=O)(=O)C3(C(=O)NOC4CCCCO4)CCN(C(C)C)CC3)cc2)cc1. The molecular weight excluding hydrogens is 504 g/mol. The molecule has 0 bridgehead atoms. The first-order valence-corrected chi connectivity index (χ1v) is 15.0. The highest BCUT2D eigenvalue weighted by Crippen LogP contribution is 2.37. The highest BCUT2D eigenvalue weighted by Gasteiger charge is 2.53. The van der Waals surface area contributed by atoms with Crippen LogP contribution in [0.1, 0.15) is 71.3 Å². The summed E-state index contributed by atoms with van der Waals surface area (Å²) < 4.78 is 37.9. The van der Waals surface area contributed by atoms with Crippen molar-refractivity contribution < 1.29 is 27.5 Å². The van der Waals surface area contributed by atoms with Gasteiger partial charge in [-0.15, -0.1) is 0 Å². The van der Waals surface area contributed by atoms with Gasteiger partial charge >= 0.3 is 0 Å². The normalized spacial score (nSPS) is 20.4. The van der Waals surface area contributed by atoms with E-state index in [1.807, 2.05) is 24.3 Å². The van der Waals surface area contributed by atoms with Crippen LogP contribution in [0.4, 0.5) is 0 Å². The largest absolute Gasteiger partial charge is 0.457 e. The van der Waals surface area contributed by atoms with Crippen molar-refractivity contribution in [2.75, 3.05) is 19.7 Å². The van der Waals surface area contributed by atoms with Crippen molar-refractivity contribution in [1.29, 1.82) is 0 Å². The lowest BCUT2D eigenvalue weighted by Gasteiger charge is -2.41. The van der Waals surface area contributed by atoms with Crippen LogP contribution in [0.2, 0.25) is 0 Å². The Morgan fingerprint density at radius 3 is 2.11 bits per heavy atom. The summed E-state index contributed by atoms with van der Waals surface area (Å²) in [5.41, 5.74) is 3.67. The molecule has 2 aliphatic heterocycles. The Kier molecular flexibility index (Phi) is 9.13. The summed E-state index contributed by atoms with van der Waals surface area (Å²) in [6.07, 6.45) is 2.32. The molecule has 2 heterocycles. The van der Waals surface area contributed by atoms with E-state index in [2.05, 4.69) is 38.1 Å². The van der Waals surface area contributed by atoms with Crippen molar-refractivity contribution in [3.63, 3.8) is 0 Å². The molecule has 1 N–H and O–H groups in total. The maximum absolute atomic E-state index is 14.0. The summed E-state index contributed by atoms with van der Waals surface area (Å²) in [6, 6.07) is 14.4. The smallest absolute Gasteiger partial charge is 0.265 e. The summed E-state index contributed by atoms with van der Waals surface area (Å²) in [7, 11) is -4.04. The number of carbonyl (C=O) groups excluding carboxylic acids is 1. The Bertz CT molecular complexity index is 1160. The molecule has 0 spiro atoms. The Hall–Kier alpha value is -2.46. The predicted octanol–water partition coefficient (Wildman–Crippen LogP) is 5.19. The molecule has 4 rings (SSSR count). The number of nitrogens with zero attached hydrogens (tertiary/aromatic N) is 1. The number of nitrogens with one attached hydrogen (secondary N) is 1. The van der Waals surface area contributed by atoms with Crippen LogP contribution in [0.25, 0.3) is 0 Å². The quantitative estimate of drug-likeness (QED) is 0.434. The minimum absolute atomic E-state index is 0.0852. The molecule has 8 nitrogen and oxygen atoms in total. The lowest BCUT2D eigenvalue weighted by Crippen LogP contribution is -2.59. The highest BCUT2D eigenvalue weighted by atomic mass is 32.2. The van der Waals surface area contributed by atoms with Gasteiger partial charge in [-0.2, -0.15) is 0 Å². The molecule has 0 aliphatic carbocycles. The Balaban J connectivity index is 1.53. The van der Waals surface area contributed by atoms with Gasteiger partial charge in [-0.3, -0.25) is 4.79 Å². The van der Waals surface area contributed by atoms with Crippen LogP contribution in [0.5, 0.6) is 11.5 Å². The Labute approximate surface area is 226 Å². The van der Waals surface area contributed by atoms with Crippen molar-refractivity contribution >= 4 is 15.7 Å². The average molecular weight is 545 g/mol. The summed E-state index contributed by atoms with van der Waals surface area (Å²) >= 11 is 0. The summed E-state index contributed by atoms with van der Waals surface area (Å²) in [6.45, 7) is 9.95. The van der Waals surface area contributed by atoms with E-state index >= 15 is 0 Å². The topological polar surface area (TPSA) is 94.2 Å². The molecule has 0 radical (unpaired) electrons. The second kappa shape index (κ2) is 12.2. The summed E-state index contributed by atoms with van der Waals surface area (Å²) in [5, 5.41) is 0. The van der Waals surface area contributed by atoms with Gasteiger partial charge < -0.3 is 14.4 Å².